The molecule has 118 valence electrons. The maximum Gasteiger partial charge on any atom is 0.314 e. The lowest BCUT2D eigenvalue weighted by Gasteiger charge is -2.21. The van der Waals surface area contributed by atoms with Crippen LogP contribution in [-0.2, 0) is 12.0 Å². The van der Waals surface area contributed by atoms with E-state index in [0.717, 1.165) is 0 Å². The Morgan fingerprint density at radius 2 is 2.05 bits per heavy atom. The van der Waals surface area contributed by atoms with Gasteiger partial charge in [0, 0.05) is 6.54 Å². The van der Waals surface area contributed by atoms with Crippen LogP contribution in [0.25, 0.3) is 0 Å². The van der Waals surface area contributed by atoms with E-state index in [4.69, 9.17) is 4.42 Å². The van der Waals surface area contributed by atoms with Gasteiger partial charge in [-0.25, -0.2) is 9.18 Å². The summed E-state index contributed by atoms with van der Waals surface area (Å²) in [7, 11) is 0. The predicted molar refractivity (Wildman–Crippen MR) is 79.8 cm³/mol. The molecule has 6 heteroatoms. The smallest absolute Gasteiger partial charge is 0.314 e. The van der Waals surface area contributed by atoms with Crippen LogP contribution in [0.1, 0.15) is 18.2 Å². The van der Waals surface area contributed by atoms with Crippen molar-refractivity contribution in [2.45, 2.75) is 18.9 Å². The summed E-state index contributed by atoms with van der Waals surface area (Å²) in [6.07, 6.45) is 1.85. The van der Waals surface area contributed by atoms with Crippen molar-refractivity contribution in [1.29, 1.82) is 0 Å². The monoisotopic (exact) mass is 306 g/mol. The van der Waals surface area contributed by atoms with Crippen molar-refractivity contribution in [3.63, 3.8) is 0 Å². The van der Waals surface area contributed by atoms with Gasteiger partial charge < -0.3 is 20.2 Å². The number of furan rings is 1. The molecule has 2 rings (SSSR count). The molecular weight excluding hydrogens is 287 g/mol. The van der Waals surface area contributed by atoms with E-state index in [9.17, 15) is 14.3 Å². The van der Waals surface area contributed by atoms with Crippen molar-refractivity contribution in [3.05, 3.63) is 59.8 Å². The lowest BCUT2D eigenvalue weighted by atomic mass is 10.0. The van der Waals surface area contributed by atoms with E-state index in [1.807, 2.05) is 0 Å². The Balaban J connectivity index is 1.73. The molecule has 0 saturated carbocycles. The van der Waals surface area contributed by atoms with Gasteiger partial charge in [0.1, 0.15) is 17.2 Å². The van der Waals surface area contributed by atoms with Crippen LogP contribution < -0.4 is 10.6 Å². The molecule has 0 bridgehead atoms. The second kappa shape index (κ2) is 7.09. The first-order valence-electron chi connectivity index (χ1n) is 7.00. The molecule has 1 unspecified atom stereocenters. The Labute approximate surface area is 128 Å². The molecule has 0 aliphatic heterocycles. The number of carbonyl (C=O) groups is 1. The topological polar surface area (TPSA) is 74.5 Å². The van der Waals surface area contributed by atoms with E-state index >= 15 is 0 Å². The zero-order chi connectivity index (χ0) is 16.0. The first-order chi connectivity index (χ1) is 10.5. The fourth-order valence-corrected chi connectivity index (χ4v) is 2.00. The van der Waals surface area contributed by atoms with Crippen LogP contribution in [0.2, 0.25) is 0 Å². The third kappa shape index (κ3) is 4.33. The number of aliphatic hydroxyl groups is 1. The second-order valence-electron chi connectivity index (χ2n) is 5.20. The molecule has 22 heavy (non-hydrogen) atoms. The number of benzene rings is 1. The van der Waals surface area contributed by atoms with Gasteiger partial charge >= 0.3 is 6.03 Å². The first kappa shape index (κ1) is 16.0. The largest absolute Gasteiger partial charge is 0.466 e. The minimum atomic E-state index is -1.29. The highest BCUT2D eigenvalue weighted by atomic mass is 19.1. The summed E-state index contributed by atoms with van der Waals surface area (Å²) in [4.78, 5) is 11.7. The Bertz CT molecular complexity index is 612. The maximum absolute atomic E-state index is 13.4. The van der Waals surface area contributed by atoms with Gasteiger partial charge in [0.05, 0.1) is 12.8 Å². The van der Waals surface area contributed by atoms with E-state index in [0.29, 0.717) is 24.3 Å². The number of amides is 2. The summed E-state index contributed by atoms with van der Waals surface area (Å²) < 4.78 is 18.5. The van der Waals surface area contributed by atoms with Crippen LogP contribution >= 0.6 is 0 Å². The normalized spacial score (nSPS) is 13.4. The molecule has 0 spiro atoms. The van der Waals surface area contributed by atoms with Crippen molar-refractivity contribution in [1.82, 2.24) is 10.6 Å². The van der Waals surface area contributed by atoms with Crippen molar-refractivity contribution >= 4 is 6.03 Å². The highest BCUT2D eigenvalue weighted by Gasteiger charge is 2.26. The third-order valence-corrected chi connectivity index (χ3v) is 3.28. The molecule has 0 aliphatic rings. The fraction of sp³-hybridized carbons (Fsp3) is 0.312. The van der Waals surface area contributed by atoms with Crippen molar-refractivity contribution in [3.8, 4) is 0 Å². The molecule has 1 atom stereocenters. The lowest BCUT2D eigenvalue weighted by molar-refractivity contribution is 0.0367. The van der Waals surface area contributed by atoms with Crippen molar-refractivity contribution in [2.24, 2.45) is 0 Å². The Hall–Kier alpha value is -2.34. The summed E-state index contributed by atoms with van der Waals surface area (Å²) in [5.41, 5.74) is -0.739. The number of rotatable bonds is 6. The molecule has 3 N–H and O–H groups in total. The van der Waals surface area contributed by atoms with Crippen LogP contribution in [0.3, 0.4) is 0 Å². The summed E-state index contributed by atoms with van der Waals surface area (Å²) in [6.45, 7) is 1.85. The molecule has 2 amide bonds. The molecule has 0 aliphatic carbocycles. The minimum absolute atomic E-state index is 0.00600. The molecule has 0 fully saturated rings. The van der Waals surface area contributed by atoms with Gasteiger partial charge in [-0.15, -0.1) is 0 Å². The molecule has 2 aromatic rings. The molecule has 1 heterocycles. The lowest BCUT2D eigenvalue weighted by Crippen LogP contribution is -2.43. The number of hydrogen-bond donors (Lipinski definition) is 3. The van der Waals surface area contributed by atoms with E-state index in [1.165, 1.54) is 12.3 Å². The predicted octanol–water partition coefficient (Wildman–Crippen LogP) is 2.17. The molecule has 1 aromatic carbocycles. The van der Waals surface area contributed by atoms with Gasteiger partial charge in [-0.3, -0.25) is 0 Å². The average molecular weight is 306 g/mol. The average Bonchev–Trinajstić information content (AvgIpc) is 3.02. The van der Waals surface area contributed by atoms with E-state index in [2.05, 4.69) is 10.6 Å². The molecule has 1 aromatic heterocycles. The zero-order valence-electron chi connectivity index (χ0n) is 12.3. The van der Waals surface area contributed by atoms with E-state index in [-0.39, 0.29) is 12.4 Å². The van der Waals surface area contributed by atoms with Crippen LogP contribution in [0, 0.1) is 5.82 Å². The highest BCUT2D eigenvalue weighted by molar-refractivity contribution is 5.73. The van der Waals surface area contributed by atoms with Gasteiger partial charge in [0.25, 0.3) is 0 Å². The van der Waals surface area contributed by atoms with Gasteiger partial charge in [-0.2, -0.15) is 0 Å². The third-order valence-electron chi connectivity index (χ3n) is 3.28. The van der Waals surface area contributed by atoms with Crippen molar-refractivity contribution < 1.29 is 18.7 Å². The minimum Gasteiger partial charge on any atom is -0.466 e. The molecule has 0 saturated heterocycles. The summed E-state index contributed by atoms with van der Waals surface area (Å²) in [6, 6.07) is 9.31. The molecule has 0 radical (unpaired) electrons. The fourth-order valence-electron chi connectivity index (χ4n) is 2.00. The number of carbonyl (C=O) groups excluding carboxylic acids is 1. The molecular formula is C16H19FN2O3. The van der Waals surface area contributed by atoms with Crippen LogP contribution in [-0.4, -0.2) is 24.2 Å². The van der Waals surface area contributed by atoms with E-state index in [1.54, 1.807) is 37.3 Å². The van der Waals surface area contributed by atoms with Gasteiger partial charge in [-0.05, 0) is 37.1 Å². The quantitative estimate of drug-likeness (QED) is 0.765. The Kier molecular flexibility index (Phi) is 5.16. The van der Waals surface area contributed by atoms with Gasteiger partial charge in [-0.1, -0.05) is 18.2 Å². The number of hydrogen-bond acceptors (Lipinski definition) is 3. The summed E-state index contributed by atoms with van der Waals surface area (Å²) in [5.74, 6) is 0.0876. The standard InChI is InChI=1S/C16H19FN2O3/c1-16(21,14-7-4-10-22-14)11-19-15(20)18-9-8-12-5-2-3-6-13(12)17/h2-7,10,21H,8-9,11H2,1H3,(H2,18,19,20). The van der Waals surface area contributed by atoms with Gasteiger partial charge in [0.2, 0.25) is 0 Å². The van der Waals surface area contributed by atoms with Crippen molar-refractivity contribution in [2.75, 3.05) is 13.1 Å². The summed E-state index contributed by atoms with van der Waals surface area (Å²) >= 11 is 0. The maximum atomic E-state index is 13.4. The van der Waals surface area contributed by atoms with Crippen LogP contribution in [0.4, 0.5) is 9.18 Å². The Morgan fingerprint density at radius 3 is 2.73 bits per heavy atom. The number of nitrogens with one attached hydrogen (secondary N) is 2. The van der Waals surface area contributed by atoms with E-state index < -0.39 is 11.6 Å². The number of urea groups is 1. The second-order valence-corrected chi connectivity index (χ2v) is 5.20. The SMILES string of the molecule is CC(O)(CNC(=O)NCCc1ccccc1F)c1ccco1. The van der Waals surface area contributed by atoms with Crippen LogP contribution in [0.5, 0.6) is 0 Å². The summed E-state index contributed by atoms with van der Waals surface area (Å²) in [5, 5.41) is 15.4. The highest BCUT2D eigenvalue weighted by Crippen LogP contribution is 2.19. The first-order valence-corrected chi connectivity index (χ1v) is 7.00. The van der Waals surface area contributed by atoms with Gasteiger partial charge in [0.15, 0.2) is 0 Å². The van der Waals surface area contributed by atoms with Crippen LogP contribution in [0.15, 0.2) is 47.1 Å². The number of halogens is 1. The zero-order valence-corrected chi connectivity index (χ0v) is 12.3. The molecule has 5 nitrogen and oxygen atoms in total. The Morgan fingerprint density at radius 1 is 1.27 bits per heavy atom.